The Balaban J connectivity index is 1.86. The van der Waals surface area contributed by atoms with E-state index in [0.29, 0.717) is 37.8 Å². The highest BCUT2D eigenvalue weighted by Gasteiger charge is 2.12. The Morgan fingerprint density at radius 1 is 1.14 bits per heavy atom. The Morgan fingerprint density at radius 2 is 1.93 bits per heavy atom. The van der Waals surface area contributed by atoms with Gasteiger partial charge in [0.1, 0.15) is 16.6 Å². The van der Waals surface area contributed by atoms with E-state index < -0.39 is 0 Å². The van der Waals surface area contributed by atoms with Gasteiger partial charge in [0.15, 0.2) is 11.5 Å². The summed E-state index contributed by atoms with van der Waals surface area (Å²) in [7, 11) is 3.17. The predicted octanol–water partition coefficient (Wildman–Crippen LogP) is 6.11. The molecule has 3 rings (SSSR count). The fraction of sp³-hybridized carbons (Fsp3) is 0.100. The second kappa shape index (κ2) is 8.98. The molecule has 0 radical (unpaired) electrons. The molecule has 0 saturated carbocycles. The number of nitrogens with one attached hydrogen (secondary N) is 1. The maximum absolute atomic E-state index is 9.52. The van der Waals surface area contributed by atoms with Crippen LogP contribution in [0.2, 0.25) is 10.0 Å². The molecule has 0 aliphatic carbocycles. The number of aromatic nitrogens is 1. The van der Waals surface area contributed by atoms with Crippen molar-refractivity contribution in [3.63, 3.8) is 0 Å². The number of nitrogens with zero attached hydrogens (tertiary/aromatic N) is 2. The van der Waals surface area contributed by atoms with Crippen molar-refractivity contribution < 1.29 is 9.47 Å². The van der Waals surface area contributed by atoms with E-state index in [1.165, 1.54) is 11.3 Å². The van der Waals surface area contributed by atoms with Crippen molar-refractivity contribution in [1.29, 1.82) is 5.26 Å². The molecule has 1 N–H and O–H groups in total. The van der Waals surface area contributed by atoms with Crippen molar-refractivity contribution in [1.82, 2.24) is 4.98 Å². The Labute approximate surface area is 176 Å². The van der Waals surface area contributed by atoms with Gasteiger partial charge in [-0.15, -0.1) is 11.3 Å². The molecular formula is C20H15Cl2N3O2S. The van der Waals surface area contributed by atoms with Crippen molar-refractivity contribution in [2.75, 3.05) is 19.5 Å². The minimum Gasteiger partial charge on any atom is -0.493 e. The molecule has 142 valence electrons. The van der Waals surface area contributed by atoms with Gasteiger partial charge in [0.05, 0.1) is 30.6 Å². The molecule has 2 aromatic carbocycles. The standard InChI is InChI=1S/C20H15Cl2N3O2S/c1-26-18-6-3-12(7-19(18)27-2)17-11-28-20(25-17)13(9-23)10-24-16-5-4-14(21)8-15(16)22/h3-8,10-11,24H,1-2H3/b13-10-. The van der Waals surface area contributed by atoms with Crippen molar-refractivity contribution >= 4 is 45.8 Å². The number of allylic oxidation sites excluding steroid dienone is 1. The molecule has 0 aliphatic heterocycles. The monoisotopic (exact) mass is 431 g/mol. The number of hydrogen-bond acceptors (Lipinski definition) is 6. The summed E-state index contributed by atoms with van der Waals surface area (Å²) in [5.41, 5.74) is 2.65. The van der Waals surface area contributed by atoms with Gasteiger partial charge in [0, 0.05) is 22.2 Å². The van der Waals surface area contributed by atoms with Gasteiger partial charge in [0.25, 0.3) is 0 Å². The molecule has 0 aliphatic rings. The number of halogens is 2. The Hall–Kier alpha value is -2.72. The van der Waals surface area contributed by atoms with Crippen LogP contribution in [0.1, 0.15) is 5.01 Å². The maximum Gasteiger partial charge on any atom is 0.161 e. The van der Waals surface area contributed by atoms with Crippen LogP contribution in [-0.4, -0.2) is 19.2 Å². The van der Waals surface area contributed by atoms with Gasteiger partial charge in [0.2, 0.25) is 0 Å². The largest absolute Gasteiger partial charge is 0.493 e. The van der Waals surface area contributed by atoms with Gasteiger partial charge >= 0.3 is 0 Å². The zero-order valence-corrected chi connectivity index (χ0v) is 17.3. The van der Waals surface area contributed by atoms with E-state index in [1.54, 1.807) is 38.6 Å². The number of ether oxygens (including phenoxy) is 2. The fourth-order valence-corrected chi connectivity index (χ4v) is 3.68. The Morgan fingerprint density at radius 3 is 2.61 bits per heavy atom. The highest BCUT2D eigenvalue weighted by molar-refractivity contribution is 7.11. The average molecular weight is 432 g/mol. The zero-order valence-electron chi connectivity index (χ0n) is 15.0. The molecule has 0 atom stereocenters. The van der Waals surface area contributed by atoms with Gasteiger partial charge in [-0.2, -0.15) is 5.26 Å². The van der Waals surface area contributed by atoms with Gasteiger partial charge in [-0.1, -0.05) is 23.2 Å². The molecule has 0 spiro atoms. The second-order valence-corrected chi connectivity index (χ2v) is 7.25. The molecule has 1 aromatic heterocycles. The van der Waals surface area contributed by atoms with Gasteiger partial charge in [-0.25, -0.2) is 4.98 Å². The Bertz CT molecular complexity index is 1070. The normalized spacial score (nSPS) is 11.0. The fourth-order valence-electron chi connectivity index (χ4n) is 2.42. The van der Waals surface area contributed by atoms with Crippen LogP contribution in [0.3, 0.4) is 0 Å². The van der Waals surface area contributed by atoms with Crippen LogP contribution in [0.5, 0.6) is 11.5 Å². The first kappa shape index (κ1) is 20.0. The lowest BCUT2D eigenvalue weighted by atomic mass is 10.1. The van der Waals surface area contributed by atoms with E-state index in [2.05, 4.69) is 16.4 Å². The van der Waals surface area contributed by atoms with Gasteiger partial charge in [-0.3, -0.25) is 0 Å². The summed E-state index contributed by atoms with van der Waals surface area (Å²) >= 11 is 13.4. The van der Waals surface area contributed by atoms with E-state index in [-0.39, 0.29) is 0 Å². The summed E-state index contributed by atoms with van der Waals surface area (Å²) in [6.07, 6.45) is 1.58. The van der Waals surface area contributed by atoms with Crippen LogP contribution in [0.25, 0.3) is 16.8 Å². The SMILES string of the molecule is COc1ccc(-c2csc(/C(C#N)=C\Nc3ccc(Cl)cc3Cl)n2)cc1OC. The van der Waals surface area contributed by atoms with Crippen LogP contribution >= 0.6 is 34.5 Å². The topological polar surface area (TPSA) is 67.2 Å². The van der Waals surface area contributed by atoms with Crippen LogP contribution in [0, 0.1) is 11.3 Å². The number of nitriles is 1. The molecule has 28 heavy (non-hydrogen) atoms. The zero-order chi connectivity index (χ0) is 20.1. The Kier molecular flexibility index (Phi) is 6.42. The summed E-state index contributed by atoms with van der Waals surface area (Å²) in [6, 6.07) is 12.8. The van der Waals surface area contributed by atoms with E-state index in [4.69, 9.17) is 32.7 Å². The molecule has 0 fully saturated rings. The number of thiazole rings is 1. The maximum atomic E-state index is 9.52. The lowest BCUT2D eigenvalue weighted by molar-refractivity contribution is 0.355. The first-order valence-corrected chi connectivity index (χ1v) is 9.69. The van der Waals surface area contributed by atoms with E-state index >= 15 is 0 Å². The summed E-state index contributed by atoms with van der Waals surface area (Å²) in [6.45, 7) is 0. The lowest BCUT2D eigenvalue weighted by Crippen LogP contribution is -1.92. The smallest absolute Gasteiger partial charge is 0.161 e. The average Bonchev–Trinajstić information content (AvgIpc) is 3.19. The minimum atomic E-state index is 0.391. The summed E-state index contributed by atoms with van der Waals surface area (Å²) in [5.74, 6) is 1.26. The molecule has 0 amide bonds. The molecule has 0 unspecified atom stereocenters. The number of hydrogen-bond donors (Lipinski definition) is 1. The number of benzene rings is 2. The third kappa shape index (κ3) is 4.39. The molecule has 8 heteroatoms. The first-order chi connectivity index (χ1) is 13.5. The second-order valence-electron chi connectivity index (χ2n) is 5.55. The third-order valence-electron chi connectivity index (χ3n) is 3.84. The van der Waals surface area contributed by atoms with Crippen LogP contribution < -0.4 is 14.8 Å². The van der Waals surface area contributed by atoms with Gasteiger partial charge < -0.3 is 14.8 Å². The third-order valence-corrected chi connectivity index (χ3v) is 5.26. The minimum absolute atomic E-state index is 0.391. The van der Waals surface area contributed by atoms with Crippen molar-refractivity contribution in [2.24, 2.45) is 0 Å². The highest BCUT2D eigenvalue weighted by Crippen LogP contribution is 2.34. The molecule has 5 nitrogen and oxygen atoms in total. The van der Waals surface area contributed by atoms with Crippen molar-refractivity contribution in [3.05, 3.63) is 63.0 Å². The highest BCUT2D eigenvalue weighted by atomic mass is 35.5. The van der Waals surface area contributed by atoms with E-state index in [1.807, 2.05) is 23.6 Å². The van der Waals surface area contributed by atoms with Crippen LogP contribution in [0.4, 0.5) is 5.69 Å². The quantitative estimate of drug-likeness (QED) is 0.476. The number of methoxy groups -OCH3 is 2. The number of rotatable bonds is 6. The summed E-state index contributed by atoms with van der Waals surface area (Å²) < 4.78 is 10.6. The predicted molar refractivity (Wildman–Crippen MR) is 114 cm³/mol. The summed E-state index contributed by atoms with van der Waals surface area (Å²) in [4.78, 5) is 4.57. The van der Waals surface area contributed by atoms with Gasteiger partial charge in [-0.05, 0) is 36.4 Å². The molecule has 0 bridgehead atoms. The molecular weight excluding hydrogens is 417 g/mol. The van der Waals surface area contributed by atoms with E-state index in [0.717, 1.165) is 11.3 Å². The summed E-state index contributed by atoms with van der Waals surface area (Å²) in [5, 5.41) is 16.0. The lowest BCUT2D eigenvalue weighted by Gasteiger charge is -2.08. The van der Waals surface area contributed by atoms with E-state index in [9.17, 15) is 5.26 Å². The molecule has 0 saturated heterocycles. The van der Waals surface area contributed by atoms with Crippen molar-refractivity contribution in [3.8, 4) is 28.8 Å². The number of anilines is 1. The van der Waals surface area contributed by atoms with Crippen LogP contribution in [0.15, 0.2) is 48.0 Å². The first-order valence-electron chi connectivity index (χ1n) is 8.06. The van der Waals surface area contributed by atoms with Crippen LogP contribution in [-0.2, 0) is 0 Å². The van der Waals surface area contributed by atoms with Crippen molar-refractivity contribution in [2.45, 2.75) is 0 Å². The molecule has 3 aromatic rings. The molecule has 1 heterocycles.